The van der Waals surface area contributed by atoms with Gasteiger partial charge in [-0.25, -0.2) is 8.42 Å². The molecule has 0 atom stereocenters. The third-order valence-electron chi connectivity index (χ3n) is 2.90. The van der Waals surface area contributed by atoms with E-state index in [9.17, 15) is 8.42 Å². The van der Waals surface area contributed by atoms with Crippen LogP contribution in [0.25, 0.3) is 0 Å². The lowest BCUT2D eigenvalue weighted by molar-refractivity contribution is 0.600. The van der Waals surface area contributed by atoms with Crippen molar-refractivity contribution in [2.45, 2.75) is 18.7 Å². The van der Waals surface area contributed by atoms with Gasteiger partial charge >= 0.3 is 0 Å². The molecule has 2 aromatic carbocycles. The van der Waals surface area contributed by atoms with Crippen LogP contribution in [0.3, 0.4) is 0 Å². The number of halogens is 1. The van der Waals surface area contributed by atoms with E-state index in [0.29, 0.717) is 21.8 Å². The van der Waals surface area contributed by atoms with Crippen LogP contribution in [-0.4, -0.2) is 8.42 Å². The van der Waals surface area contributed by atoms with E-state index in [2.05, 4.69) is 4.72 Å². The Balaban J connectivity index is 2.43. The standard InChI is InChI=1S/C14H14ClNO2S/c1-10-6-3-4-9-14(10)19(17,18)16-13-8-5-7-12(15)11(13)2/h3-9,16H,1-2H3. The molecule has 1 N–H and O–H groups in total. The quantitative estimate of drug-likeness (QED) is 0.937. The molecule has 3 nitrogen and oxygen atoms in total. The van der Waals surface area contributed by atoms with Crippen LogP contribution in [0.15, 0.2) is 47.4 Å². The summed E-state index contributed by atoms with van der Waals surface area (Å²) in [7, 11) is -3.59. The van der Waals surface area contributed by atoms with Crippen molar-refractivity contribution in [1.29, 1.82) is 0 Å². The number of aryl methyl sites for hydroxylation is 1. The predicted octanol–water partition coefficient (Wildman–Crippen LogP) is 3.76. The molecule has 0 aromatic heterocycles. The number of hydrogen-bond donors (Lipinski definition) is 1. The zero-order valence-corrected chi connectivity index (χ0v) is 12.2. The first-order valence-corrected chi connectivity index (χ1v) is 7.61. The maximum absolute atomic E-state index is 12.3. The number of benzene rings is 2. The molecule has 0 heterocycles. The van der Waals surface area contributed by atoms with Gasteiger partial charge in [0.1, 0.15) is 0 Å². The van der Waals surface area contributed by atoms with Gasteiger partial charge in [0, 0.05) is 5.02 Å². The molecule has 2 aromatic rings. The lowest BCUT2D eigenvalue weighted by Gasteiger charge is -2.12. The molecule has 0 fully saturated rings. The summed E-state index contributed by atoms with van der Waals surface area (Å²) in [5, 5.41) is 0.532. The van der Waals surface area contributed by atoms with Gasteiger partial charge in [0.15, 0.2) is 0 Å². The third-order valence-corrected chi connectivity index (χ3v) is 4.83. The second-order valence-corrected chi connectivity index (χ2v) is 6.34. The van der Waals surface area contributed by atoms with E-state index in [4.69, 9.17) is 11.6 Å². The first kappa shape index (κ1) is 13.9. The van der Waals surface area contributed by atoms with Gasteiger partial charge in [-0.2, -0.15) is 0 Å². The van der Waals surface area contributed by atoms with Crippen molar-refractivity contribution in [1.82, 2.24) is 0 Å². The fourth-order valence-corrected chi connectivity index (χ4v) is 3.32. The Morgan fingerprint density at radius 3 is 2.37 bits per heavy atom. The summed E-state index contributed by atoms with van der Waals surface area (Å²) in [5.41, 5.74) is 1.91. The molecule has 2 rings (SSSR count). The van der Waals surface area contributed by atoms with Crippen LogP contribution in [0.2, 0.25) is 5.02 Å². The first-order chi connectivity index (χ1) is 8.92. The lowest BCUT2D eigenvalue weighted by atomic mass is 10.2. The molecular formula is C14H14ClNO2S. The number of anilines is 1. The molecule has 0 aliphatic rings. The minimum Gasteiger partial charge on any atom is -0.279 e. The maximum atomic E-state index is 12.3. The maximum Gasteiger partial charge on any atom is 0.262 e. The summed E-state index contributed by atoms with van der Waals surface area (Å²) >= 11 is 5.99. The van der Waals surface area contributed by atoms with Gasteiger partial charge in [-0.3, -0.25) is 4.72 Å². The molecule has 100 valence electrons. The second-order valence-electron chi connectivity index (χ2n) is 4.28. The Hall–Kier alpha value is -1.52. The minimum atomic E-state index is -3.59. The lowest BCUT2D eigenvalue weighted by Crippen LogP contribution is -2.14. The van der Waals surface area contributed by atoms with Gasteiger partial charge < -0.3 is 0 Å². The summed E-state index contributed by atoms with van der Waals surface area (Å²) < 4.78 is 27.2. The van der Waals surface area contributed by atoms with Crippen molar-refractivity contribution in [3.05, 3.63) is 58.6 Å². The highest BCUT2D eigenvalue weighted by molar-refractivity contribution is 7.92. The van der Waals surface area contributed by atoms with Gasteiger partial charge in [0.2, 0.25) is 0 Å². The third kappa shape index (κ3) is 2.91. The largest absolute Gasteiger partial charge is 0.279 e. The fourth-order valence-electron chi connectivity index (χ4n) is 1.78. The smallest absolute Gasteiger partial charge is 0.262 e. The van der Waals surface area contributed by atoms with Crippen LogP contribution >= 0.6 is 11.6 Å². The molecule has 0 saturated heterocycles. The first-order valence-electron chi connectivity index (χ1n) is 5.75. The van der Waals surface area contributed by atoms with E-state index >= 15 is 0 Å². The summed E-state index contributed by atoms with van der Waals surface area (Å²) in [6.45, 7) is 3.54. The average molecular weight is 296 g/mol. The van der Waals surface area contributed by atoms with E-state index < -0.39 is 10.0 Å². The van der Waals surface area contributed by atoms with Gasteiger partial charge in [-0.15, -0.1) is 0 Å². The second kappa shape index (κ2) is 5.23. The van der Waals surface area contributed by atoms with Crippen molar-refractivity contribution in [2.24, 2.45) is 0 Å². The molecule has 5 heteroatoms. The monoisotopic (exact) mass is 295 g/mol. The highest BCUT2D eigenvalue weighted by Crippen LogP contribution is 2.26. The van der Waals surface area contributed by atoms with Crippen molar-refractivity contribution in [3.63, 3.8) is 0 Å². The highest BCUT2D eigenvalue weighted by atomic mass is 35.5. The van der Waals surface area contributed by atoms with Crippen LogP contribution in [0, 0.1) is 13.8 Å². The van der Waals surface area contributed by atoms with Crippen molar-refractivity contribution >= 4 is 27.3 Å². The highest BCUT2D eigenvalue weighted by Gasteiger charge is 2.17. The van der Waals surface area contributed by atoms with Gasteiger partial charge in [-0.05, 0) is 43.2 Å². The molecule has 0 spiro atoms. The minimum absolute atomic E-state index is 0.273. The van der Waals surface area contributed by atoms with E-state index in [0.717, 1.165) is 0 Å². The summed E-state index contributed by atoms with van der Waals surface area (Å²) in [4.78, 5) is 0.273. The van der Waals surface area contributed by atoms with Crippen LogP contribution in [-0.2, 0) is 10.0 Å². The van der Waals surface area contributed by atoms with Crippen molar-refractivity contribution in [3.8, 4) is 0 Å². The Labute approximate surface area is 118 Å². The van der Waals surface area contributed by atoms with Crippen LogP contribution in [0.1, 0.15) is 11.1 Å². The van der Waals surface area contributed by atoms with Gasteiger partial charge in [0.05, 0.1) is 10.6 Å². The number of nitrogens with one attached hydrogen (secondary N) is 1. The summed E-state index contributed by atoms with van der Waals surface area (Å²) in [6.07, 6.45) is 0. The fraction of sp³-hybridized carbons (Fsp3) is 0.143. The SMILES string of the molecule is Cc1ccccc1S(=O)(=O)Nc1cccc(Cl)c1C. The Morgan fingerprint density at radius 2 is 1.68 bits per heavy atom. The normalized spacial score (nSPS) is 11.3. The topological polar surface area (TPSA) is 46.2 Å². The zero-order valence-electron chi connectivity index (χ0n) is 10.6. The van der Waals surface area contributed by atoms with Gasteiger partial charge in [0.25, 0.3) is 10.0 Å². The van der Waals surface area contributed by atoms with Crippen molar-refractivity contribution in [2.75, 3.05) is 4.72 Å². The number of rotatable bonds is 3. The van der Waals surface area contributed by atoms with E-state index in [1.807, 2.05) is 0 Å². The summed E-state index contributed by atoms with van der Waals surface area (Å²) in [5.74, 6) is 0. The molecule has 0 aliphatic carbocycles. The average Bonchev–Trinajstić information content (AvgIpc) is 2.35. The number of sulfonamides is 1. The molecule has 0 aliphatic heterocycles. The molecule has 19 heavy (non-hydrogen) atoms. The van der Waals surface area contributed by atoms with Crippen molar-refractivity contribution < 1.29 is 8.42 Å². The van der Waals surface area contributed by atoms with E-state index in [1.165, 1.54) is 0 Å². The molecule has 0 saturated carbocycles. The van der Waals surface area contributed by atoms with E-state index in [-0.39, 0.29) is 4.90 Å². The molecule has 0 amide bonds. The number of hydrogen-bond acceptors (Lipinski definition) is 2. The molecule has 0 radical (unpaired) electrons. The van der Waals surface area contributed by atoms with Crippen LogP contribution < -0.4 is 4.72 Å². The van der Waals surface area contributed by atoms with E-state index in [1.54, 1.807) is 56.3 Å². The molecule has 0 bridgehead atoms. The molecule has 0 unspecified atom stereocenters. The predicted molar refractivity (Wildman–Crippen MR) is 78.2 cm³/mol. The Morgan fingerprint density at radius 1 is 1.00 bits per heavy atom. The summed E-state index contributed by atoms with van der Waals surface area (Å²) in [6, 6.07) is 12.0. The van der Waals surface area contributed by atoms with Crippen LogP contribution in [0.4, 0.5) is 5.69 Å². The van der Waals surface area contributed by atoms with Crippen LogP contribution in [0.5, 0.6) is 0 Å². The zero-order chi connectivity index (χ0) is 14.0. The Kier molecular flexibility index (Phi) is 3.83. The van der Waals surface area contributed by atoms with Gasteiger partial charge in [-0.1, -0.05) is 35.9 Å². The molecular weight excluding hydrogens is 282 g/mol. The Bertz CT molecular complexity index is 711.